The van der Waals surface area contributed by atoms with Gasteiger partial charge >= 0.3 is 0 Å². The Morgan fingerprint density at radius 1 is 1.05 bits per heavy atom. The maximum absolute atomic E-state index is 11.4. The van der Waals surface area contributed by atoms with Gasteiger partial charge in [-0.05, 0) is 55.7 Å². The van der Waals surface area contributed by atoms with Gasteiger partial charge in [-0.3, -0.25) is 4.79 Å². The van der Waals surface area contributed by atoms with Crippen LogP contribution in [0.15, 0.2) is 54.6 Å². The minimum Gasteiger partial charge on any atom is -0.457 e. The third-order valence-electron chi connectivity index (χ3n) is 4.22. The van der Waals surface area contributed by atoms with E-state index in [0.717, 1.165) is 30.0 Å². The normalized spacial score (nSPS) is 19.0. The van der Waals surface area contributed by atoms with Crippen molar-refractivity contribution in [3.05, 3.63) is 54.6 Å². The molecule has 1 saturated carbocycles. The maximum Gasteiger partial charge on any atom is 0.133 e. The molecule has 1 aliphatic rings. The van der Waals surface area contributed by atoms with E-state index < -0.39 is 0 Å². The number of ketones is 1. The first kappa shape index (κ1) is 14.6. The van der Waals surface area contributed by atoms with E-state index in [2.05, 4.69) is 12.2 Å². The lowest BCUT2D eigenvalue weighted by Gasteiger charge is -2.21. The van der Waals surface area contributed by atoms with Gasteiger partial charge in [-0.25, -0.2) is 0 Å². The lowest BCUT2D eigenvalue weighted by molar-refractivity contribution is -0.117. The Morgan fingerprint density at radius 2 is 1.73 bits per heavy atom. The van der Waals surface area contributed by atoms with Gasteiger partial charge in [0.1, 0.15) is 17.3 Å². The van der Waals surface area contributed by atoms with Crippen molar-refractivity contribution >= 4 is 11.5 Å². The van der Waals surface area contributed by atoms with Crippen LogP contribution < -0.4 is 10.1 Å². The van der Waals surface area contributed by atoms with Crippen molar-refractivity contribution in [2.24, 2.45) is 5.92 Å². The van der Waals surface area contributed by atoms with E-state index in [1.54, 1.807) is 0 Å². The summed E-state index contributed by atoms with van der Waals surface area (Å²) in [5.41, 5.74) is 1.06. The van der Waals surface area contributed by atoms with E-state index in [9.17, 15) is 4.79 Å². The van der Waals surface area contributed by atoms with E-state index >= 15 is 0 Å². The summed E-state index contributed by atoms with van der Waals surface area (Å²) in [5, 5.41) is 3.49. The van der Waals surface area contributed by atoms with Gasteiger partial charge < -0.3 is 10.1 Å². The quantitative estimate of drug-likeness (QED) is 0.872. The molecule has 2 aromatic carbocycles. The molecule has 22 heavy (non-hydrogen) atoms. The summed E-state index contributed by atoms with van der Waals surface area (Å²) in [5.74, 6) is 2.50. The molecule has 3 nitrogen and oxygen atoms in total. The predicted octanol–water partition coefficient (Wildman–Crippen LogP) is 4.65. The Bertz CT molecular complexity index is 622. The first-order chi connectivity index (χ1) is 10.7. The highest BCUT2D eigenvalue weighted by Crippen LogP contribution is 2.28. The molecular formula is C19H21NO2. The van der Waals surface area contributed by atoms with Crippen LogP contribution >= 0.6 is 0 Å². The van der Waals surface area contributed by atoms with E-state index in [1.165, 1.54) is 0 Å². The summed E-state index contributed by atoms with van der Waals surface area (Å²) in [7, 11) is 0. The van der Waals surface area contributed by atoms with Crippen LogP contribution in [0, 0.1) is 5.92 Å². The highest BCUT2D eigenvalue weighted by Gasteiger charge is 2.26. The number of anilines is 1. The summed E-state index contributed by atoms with van der Waals surface area (Å²) in [6.07, 6.45) is 2.45. The molecule has 0 aliphatic heterocycles. The number of carbonyl (C=O) groups excluding carboxylic acids is 1. The molecule has 0 aromatic heterocycles. The van der Waals surface area contributed by atoms with Crippen LogP contribution in [0.1, 0.15) is 26.2 Å². The fourth-order valence-corrected chi connectivity index (χ4v) is 2.89. The van der Waals surface area contributed by atoms with Crippen molar-refractivity contribution in [1.29, 1.82) is 0 Å². The molecular weight excluding hydrogens is 274 g/mol. The summed E-state index contributed by atoms with van der Waals surface area (Å²) in [4.78, 5) is 11.4. The Labute approximate surface area is 131 Å². The number of hydrogen-bond donors (Lipinski definition) is 1. The fraction of sp³-hybridized carbons (Fsp3) is 0.316. The first-order valence-corrected chi connectivity index (χ1v) is 7.82. The van der Waals surface area contributed by atoms with Crippen LogP contribution in [0.4, 0.5) is 5.69 Å². The second-order valence-corrected chi connectivity index (χ2v) is 5.91. The second kappa shape index (κ2) is 6.65. The van der Waals surface area contributed by atoms with Gasteiger partial charge in [-0.2, -0.15) is 0 Å². The zero-order valence-corrected chi connectivity index (χ0v) is 12.8. The molecule has 1 N–H and O–H groups in total. The molecule has 0 radical (unpaired) electrons. The van der Waals surface area contributed by atoms with Gasteiger partial charge in [0.2, 0.25) is 0 Å². The van der Waals surface area contributed by atoms with Crippen molar-refractivity contribution in [1.82, 2.24) is 0 Å². The molecule has 2 atom stereocenters. The van der Waals surface area contributed by atoms with Crippen molar-refractivity contribution in [3.63, 3.8) is 0 Å². The highest BCUT2D eigenvalue weighted by molar-refractivity contribution is 5.80. The van der Waals surface area contributed by atoms with Crippen molar-refractivity contribution in [2.45, 2.75) is 32.2 Å². The number of para-hydroxylation sites is 1. The Hall–Kier alpha value is -2.29. The van der Waals surface area contributed by atoms with Gasteiger partial charge in [0, 0.05) is 24.6 Å². The smallest absolute Gasteiger partial charge is 0.133 e. The van der Waals surface area contributed by atoms with Gasteiger partial charge in [-0.15, -0.1) is 0 Å². The Morgan fingerprint density at radius 3 is 2.36 bits per heavy atom. The zero-order valence-electron chi connectivity index (χ0n) is 12.8. The molecule has 3 heteroatoms. The zero-order chi connectivity index (χ0) is 15.4. The summed E-state index contributed by atoms with van der Waals surface area (Å²) in [6, 6.07) is 18.0. The van der Waals surface area contributed by atoms with E-state index in [0.29, 0.717) is 24.2 Å². The monoisotopic (exact) mass is 295 g/mol. The predicted molar refractivity (Wildman–Crippen MR) is 88.4 cm³/mol. The largest absolute Gasteiger partial charge is 0.457 e. The van der Waals surface area contributed by atoms with Gasteiger partial charge in [0.25, 0.3) is 0 Å². The Kier molecular flexibility index (Phi) is 4.42. The number of benzene rings is 2. The number of Topliss-reactive ketones (excluding diaryl/α,β-unsaturated/α-hetero) is 1. The van der Waals surface area contributed by atoms with E-state index in [1.807, 2.05) is 54.6 Å². The molecule has 0 bridgehead atoms. The molecule has 3 rings (SSSR count). The average Bonchev–Trinajstić information content (AvgIpc) is 2.97. The lowest BCUT2D eigenvalue weighted by atomic mass is 9.99. The van der Waals surface area contributed by atoms with Crippen LogP contribution in [-0.2, 0) is 4.79 Å². The lowest BCUT2D eigenvalue weighted by Crippen LogP contribution is -2.24. The van der Waals surface area contributed by atoms with Crippen LogP contribution in [-0.4, -0.2) is 11.8 Å². The van der Waals surface area contributed by atoms with Crippen LogP contribution in [0.2, 0.25) is 0 Å². The van der Waals surface area contributed by atoms with E-state index in [4.69, 9.17) is 4.74 Å². The standard InChI is InChI=1S/C19H21NO2/c1-14(15-7-10-17(21)13-15)20-16-8-11-19(12-9-16)22-18-5-3-2-4-6-18/h2-6,8-9,11-12,14-15,20H,7,10,13H2,1H3. The molecule has 0 heterocycles. The van der Waals surface area contributed by atoms with Crippen molar-refractivity contribution < 1.29 is 9.53 Å². The fourth-order valence-electron chi connectivity index (χ4n) is 2.89. The van der Waals surface area contributed by atoms with Crippen molar-refractivity contribution in [2.75, 3.05) is 5.32 Å². The molecule has 0 amide bonds. The van der Waals surface area contributed by atoms with Crippen molar-refractivity contribution in [3.8, 4) is 11.5 Å². The van der Waals surface area contributed by atoms with E-state index in [-0.39, 0.29) is 0 Å². The number of hydrogen-bond acceptors (Lipinski definition) is 3. The van der Waals surface area contributed by atoms with Crippen LogP contribution in [0.3, 0.4) is 0 Å². The van der Waals surface area contributed by atoms with Gasteiger partial charge in [0.05, 0.1) is 0 Å². The summed E-state index contributed by atoms with van der Waals surface area (Å²) in [6.45, 7) is 2.15. The molecule has 0 spiro atoms. The highest BCUT2D eigenvalue weighted by atomic mass is 16.5. The molecule has 2 unspecified atom stereocenters. The summed E-state index contributed by atoms with van der Waals surface area (Å²) < 4.78 is 5.78. The second-order valence-electron chi connectivity index (χ2n) is 5.91. The van der Waals surface area contributed by atoms with Crippen LogP contribution in [0.25, 0.3) is 0 Å². The topological polar surface area (TPSA) is 38.3 Å². The van der Waals surface area contributed by atoms with Gasteiger partial charge in [0.15, 0.2) is 0 Å². The third kappa shape index (κ3) is 3.67. The molecule has 114 valence electrons. The number of rotatable bonds is 5. The number of carbonyl (C=O) groups is 1. The average molecular weight is 295 g/mol. The number of nitrogens with one attached hydrogen (secondary N) is 1. The minimum absolute atomic E-state index is 0.312. The molecule has 2 aromatic rings. The first-order valence-electron chi connectivity index (χ1n) is 7.82. The SMILES string of the molecule is CC(Nc1ccc(Oc2ccccc2)cc1)C1CCC(=O)C1. The third-order valence-corrected chi connectivity index (χ3v) is 4.22. The Balaban J connectivity index is 1.58. The molecule has 1 aliphatic carbocycles. The molecule has 1 fully saturated rings. The minimum atomic E-state index is 0.312. The van der Waals surface area contributed by atoms with Crippen LogP contribution in [0.5, 0.6) is 11.5 Å². The summed E-state index contributed by atoms with van der Waals surface area (Å²) >= 11 is 0. The van der Waals surface area contributed by atoms with Gasteiger partial charge in [-0.1, -0.05) is 18.2 Å². The molecule has 0 saturated heterocycles. The maximum atomic E-state index is 11.4. The number of ether oxygens (including phenoxy) is 1.